The number of Topliss-reactive ketones (excluding diaryl/α,β-unsaturated/α-hetero) is 1. The van der Waals surface area contributed by atoms with E-state index in [1.807, 2.05) is 34.1 Å². The van der Waals surface area contributed by atoms with E-state index in [0.29, 0.717) is 50.1 Å². The Morgan fingerprint density at radius 2 is 1.45 bits per heavy atom. The third-order valence-corrected chi connectivity index (χ3v) is 6.56. The molecule has 2 unspecified atom stereocenters. The number of piperazine rings is 1. The van der Waals surface area contributed by atoms with E-state index in [2.05, 4.69) is 25.7 Å². The van der Waals surface area contributed by atoms with Crippen LogP contribution in [0.5, 0.6) is 0 Å². The highest BCUT2D eigenvalue weighted by molar-refractivity contribution is 5.98. The minimum absolute atomic E-state index is 0.0187. The van der Waals surface area contributed by atoms with Crippen LogP contribution in [0.25, 0.3) is 0 Å². The van der Waals surface area contributed by atoms with Gasteiger partial charge < -0.3 is 9.80 Å². The first-order valence-corrected chi connectivity index (χ1v) is 11.8. The van der Waals surface area contributed by atoms with Crippen molar-refractivity contribution in [3.63, 3.8) is 0 Å². The number of hydrogen-bond donors (Lipinski definition) is 0. The predicted molar refractivity (Wildman–Crippen MR) is 122 cm³/mol. The molecule has 1 aromatic rings. The van der Waals surface area contributed by atoms with Crippen LogP contribution in [0.2, 0.25) is 0 Å². The second-order valence-corrected chi connectivity index (χ2v) is 9.38. The Kier molecular flexibility index (Phi) is 8.24. The Labute approximate surface area is 186 Å². The number of benzene rings is 1. The van der Waals surface area contributed by atoms with E-state index in [-0.39, 0.29) is 30.4 Å². The highest BCUT2D eigenvalue weighted by Gasteiger charge is 2.28. The summed E-state index contributed by atoms with van der Waals surface area (Å²) in [4.78, 5) is 43.6. The Morgan fingerprint density at radius 3 is 2.03 bits per heavy atom. The molecule has 2 fully saturated rings. The van der Waals surface area contributed by atoms with Crippen molar-refractivity contribution in [1.29, 1.82) is 0 Å². The third-order valence-electron chi connectivity index (χ3n) is 6.56. The number of carbonyl (C=O) groups is 3. The molecule has 6 heteroatoms. The van der Waals surface area contributed by atoms with E-state index in [1.165, 1.54) is 12.0 Å². The molecule has 2 aliphatic rings. The molecule has 0 aliphatic carbocycles. The van der Waals surface area contributed by atoms with Crippen molar-refractivity contribution in [2.24, 2.45) is 11.8 Å². The van der Waals surface area contributed by atoms with E-state index in [9.17, 15) is 14.4 Å². The van der Waals surface area contributed by atoms with Crippen LogP contribution in [-0.4, -0.2) is 78.1 Å². The topological polar surface area (TPSA) is 60.9 Å². The van der Waals surface area contributed by atoms with Crippen molar-refractivity contribution in [1.82, 2.24) is 14.7 Å². The lowest BCUT2D eigenvalue weighted by Gasteiger charge is -2.38. The molecule has 2 amide bonds. The van der Waals surface area contributed by atoms with Crippen molar-refractivity contribution in [2.45, 2.75) is 46.5 Å². The maximum absolute atomic E-state index is 12.7. The molecule has 0 radical (unpaired) electrons. The Balaban J connectivity index is 1.39. The molecule has 2 atom stereocenters. The SMILES string of the molecule is CCc1ccc(C(=O)CCC(=O)N2CCN(CC(=O)N3CC(C)CC(C)C3)CC2)cc1. The zero-order valence-corrected chi connectivity index (χ0v) is 19.3. The number of piperidine rings is 1. The number of likely N-dealkylation sites (tertiary alicyclic amines) is 1. The van der Waals surface area contributed by atoms with Gasteiger partial charge in [0, 0.05) is 57.7 Å². The second-order valence-electron chi connectivity index (χ2n) is 9.38. The van der Waals surface area contributed by atoms with Crippen LogP contribution in [0.15, 0.2) is 24.3 Å². The molecule has 0 aromatic heterocycles. The molecule has 1 aromatic carbocycles. The van der Waals surface area contributed by atoms with Gasteiger partial charge in [0.1, 0.15) is 0 Å². The number of nitrogens with zero attached hydrogens (tertiary/aromatic N) is 3. The Bertz CT molecular complexity index is 759. The molecule has 0 N–H and O–H groups in total. The molecule has 2 aliphatic heterocycles. The lowest BCUT2D eigenvalue weighted by atomic mass is 9.92. The van der Waals surface area contributed by atoms with Gasteiger partial charge in [-0.1, -0.05) is 45.0 Å². The van der Waals surface area contributed by atoms with E-state index >= 15 is 0 Å². The van der Waals surface area contributed by atoms with Crippen LogP contribution in [0.3, 0.4) is 0 Å². The number of ketones is 1. The smallest absolute Gasteiger partial charge is 0.236 e. The fourth-order valence-electron chi connectivity index (χ4n) is 4.76. The summed E-state index contributed by atoms with van der Waals surface area (Å²) < 4.78 is 0. The highest BCUT2D eigenvalue weighted by atomic mass is 16.2. The lowest BCUT2D eigenvalue weighted by Crippen LogP contribution is -2.53. The summed E-state index contributed by atoms with van der Waals surface area (Å²) in [5.74, 6) is 1.38. The van der Waals surface area contributed by atoms with Crippen molar-refractivity contribution in [2.75, 3.05) is 45.8 Å². The second kappa shape index (κ2) is 10.9. The molecule has 31 heavy (non-hydrogen) atoms. The monoisotopic (exact) mass is 427 g/mol. The van der Waals surface area contributed by atoms with Gasteiger partial charge in [-0.15, -0.1) is 0 Å². The molecule has 6 nitrogen and oxygen atoms in total. The first kappa shape index (κ1) is 23.5. The van der Waals surface area contributed by atoms with Gasteiger partial charge in [-0.3, -0.25) is 19.3 Å². The summed E-state index contributed by atoms with van der Waals surface area (Å²) in [5.41, 5.74) is 1.88. The summed E-state index contributed by atoms with van der Waals surface area (Å²) in [6, 6.07) is 7.65. The normalized spacial score (nSPS) is 22.4. The Morgan fingerprint density at radius 1 is 0.839 bits per heavy atom. The van der Waals surface area contributed by atoms with Crippen molar-refractivity contribution < 1.29 is 14.4 Å². The van der Waals surface area contributed by atoms with E-state index in [0.717, 1.165) is 19.5 Å². The van der Waals surface area contributed by atoms with Crippen LogP contribution in [0.1, 0.15) is 56.0 Å². The van der Waals surface area contributed by atoms with Gasteiger partial charge in [0.2, 0.25) is 11.8 Å². The summed E-state index contributed by atoms with van der Waals surface area (Å²) >= 11 is 0. The molecule has 0 bridgehead atoms. The number of aryl methyl sites for hydroxylation is 1. The van der Waals surface area contributed by atoms with Crippen molar-refractivity contribution in [3.8, 4) is 0 Å². The summed E-state index contributed by atoms with van der Waals surface area (Å²) in [6.07, 6.45) is 2.63. The predicted octanol–water partition coefficient (Wildman–Crippen LogP) is 2.86. The minimum atomic E-state index is 0.0187. The van der Waals surface area contributed by atoms with E-state index in [4.69, 9.17) is 0 Å². The quantitative estimate of drug-likeness (QED) is 0.628. The number of carbonyl (C=O) groups excluding carboxylic acids is 3. The molecule has 3 rings (SSSR count). The Hall–Kier alpha value is -2.21. The maximum Gasteiger partial charge on any atom is 0.236 e. The average molecular weight is 428 g/mol. The van der Waals surface area contributed by atoms with Gasteiger partial charge >= 0.3 is 0 Å². The van der Waals surface area contributed by atoms with Gasteiger partial charge in [-0.05, 0) is 30.2 Å². The molecule has 170 valence electrons. The minimum Gasteiger partial charge on any atom is -0.341 e. The summed E-state index contributed by atoms with van der Waals surface area (Å²) in [5, 5.41) is 0. The molecular weight excluding hydrogens is 390 g/mol. The van der Waals surface area contributed by atoms with Gasteiger partial charge in [0.15, 0.2) is 5.78 Å². The van der Waals surface area contributed by atoms with Crippen molar-refractivity contribution >= 4 is 17.6 Å². The molecule has 2 saturated heterocycles. The largest absolute Gasteiger partial charge is 0.341 e. The van der Waals surface area contributed by atoms with Crippen LogP contribution < -0.4 is 0 Å². The zero-order chi connectivity index (χ0) is 22.4. The van der Waals surface area contributed by atoms with Gasteiger partial charge in [0.25, 0.3) is 0 Å². The molecule has 0 saturated carbocycles. The van der Waals surface area contributed by atoms with Crippen LogP contribution in [-0.2, 0) is 16.0 Å². The summed E-state index contributed by atoms with van der Waals surface area (Å²) in [6.45, 7) is 11.3. The fourth-order valence-corrected chi connectivity index (χ4v) is 4.76. The number of amides is 2. The first-order chi connectivity index (χ1) is 14.9. The van der Waals surface area contributed by atoms with Crippen LogP contribution >= 0.6 is 0 Å². The highest BCUT2D eigenvalue weighted by Crippen LogP contribution is 2.21. The first-order valence-electron chi connectivity index (χ1n) is 11.8. The van der Waals surface area contributed by atoms with Gasteiger partial charge in [0.05, 0.1) is 6.54 Å². The standard InChI is InChI=1S/C25H37N3O3/c1-4-21-5-7-22(8-6-21)23(29)9-10-24(30)27-13-11-26(12-14-27)18-25(31)28-16-19(2)15-20(3)17-28/h5-8,19-20H,4,9-18H2,1-3H3. The average Bonchev–Trinajstić information content (AvgIpc) is 2.77. The molecule has 2 heterocycles. The van der Waals surface area contributed by atoms with Gasteiger partial charge in [-0.2, -0.15) is 0 Å². The van der Waals surface area contributed by atoms with Crippen LogP contribution in [0, 0.1) is 11.8 Å². The van der Waals surface area contributed by atoms with E-state index < -0.39 is 0 Å². The fraction of sp³-hybridized carbons (Fsp3) is 0.640. The molecule has 0 spiro atoms. The zero-order valence-electron chi connectivity index (χ0n) is 19.3. The lowest BCUT2D eigenvalue weighted by molar-refractivity contribution is -0.136. The van der Waals surface area contributed by atoms with E-state index in [1.54, 1.807) is 0 Å². The van der Waals surface area contributed by atoms with Crippen molar-refractivity contribution in [3.05, 3.63) is 35.4 Å². The summed E-state index contributed by atoms with van der Waals surface area (Å²) in [7, 11) is 0. The van der Waals surface area contributed by atoms with Gasteiger partial charge in [-0.25, -0.2) is 0 Å². The maximum atomic E-state index is 12.7. The third kappa shape index (κ3) is 6.63. The van der Waals surface area contributed by atoms with Crippen LogP contribution in [0.4, 0.5) is 0 Å². The number of rotatable bonds is 7. The number of hydrogen-bond acceptors (Lipinski definition) is 4. The molecular formula is C25H37N3O3.